The van der Waals surface area contributed by atoms with Crippen LogP contribution in [-0.4, -0.2) is 6.54 Å². The average Bonchev–Trinajstić information content (AvgIpc) is 2.78. The number of rotatable bonds is 6. The van der Waals surface area contributed by atoms with Gasteiger partial charge in [-0.1, -0.05) is 61.3 Å². The van der Waals surface area contributed by atoms with Crippen LogP contribution in [0.25, 0.3) is 0 Å². The Morgan fingerprint density at radius 2 is 2.00 bits per heavy atom. The van der Waals surface area contributed by atoms with Crippen LogP contribution >= 0.6 is 34.5 Å². The molecule has 0 aliphatic heterocycles. The van der Waals surface area contributed by atoms with Crippen molar-refractivity contribution in [3.63, 3.8) is 0 Å². The molecule has 0 bridgehead atoms. The number of aryl methyl sites for hydroxylation is 1. The Morgan fingerprint density at radius 1 is 1.20 bits per heavy atom. The monoisotopic (exact) mass is 327 g/mol. The number of thiophene rings is 1. The van der Waals surface area contributed by atoms with E-state index in [9.17, 15) is 0 Å². The molecule has 0 spiro atoms. The van der Waals surface area contributed by atoms with E-state index < -0.39 is 0 Å². The summed E-state index contributed by atoms with van der Waals surface area (Å²) >= 11 is 13.9. The van der Waals surface area contributed by atoms with Crippen molar-refractivity contribution in [3.8, 4) is 0 Å². The Balaban J connectivity index is 2.38. The summed E-state index contributed by atoms with van der Waals surface area (Å²) in [6.07, 6.45) is 2.12. The molecule has 0 radical (unpaired) electrons. The molecule has 4 heteroatoms. The first-order valence-electron chi connectivity index (χ1n) is 6.92. The van der Waals surface area contributed by atoms with Crippen LogP contribution in [0.2, 0.25) is 8.67 Å². The SMILES string of the molecule is CCCNC(c1cccc(CC)c1)c1cc(Cl)sc1Cl. The maximum atomic E-state index is 6.34. The first-order valence-corrected chi connectivity index (χ1v) is 8.49. The van der Waals surface area contributed by atoms with Gasteiger partial charge in [0, 0.05) is 5.56 Å². The third-order valence-corrected chi connectivity index (χ3v) is 4.80. The van der Waals surface area contributed by atoms with Gasteiger partial charge in [0.15, 0.2) is 0 Å². The molecule has 0 saturated heterocycles. The maximum Gasteiger partial charge on any atom is 0.0995 e. The second kappa shape index (κ2) is 7.46. The summed E-state index contributed by atoms with van der Waals surface area (Å²) in [5.74, 6) is 0. The average molecular weight is 328 g/mol. The third-order valence-electron chi connectivity index (χ3n) is 3.29. The minimum atomic E-state index is 0.109. The van der Waals surface area contributed by atoms with Crippen molar-refractivity contribution >= 4 is 34.5 Å². The van der Waals surface area contributed by atoms with Crippen molar-refractivity contribution in [1.82, 2.24) is 5.32 Å². The van der Waals surface area contributed by atoms with Crippen LogP contribution in [-0.2, 0) is 6.42 Å². The predicted molar refractivity (Wildman–Crippen MR) is 90.3 cm³/mol. The summed E-state index contributed by atoms with van der Waals surface area (Å²) in [5, 5.41) is 3.57. The number of benzene rings is 1. The number of halogens is 2. The first-order chi connectivity index (χ1) is 9.65. The molecule has 1 N–H and O–H groups in total. The van der Waals surface area contributed by atoms with Gasteiger partial charge in [0.2, 0.25) is 0 Å². The molecule has 1 heterocycles. The minimum Gasteiger partial charge on any atom is -0.306 e. The quantitative estimate of drug-likeness (QED) is 0.716. The standard InChI is InChI=1S/C16H19Cl2NS/c1-3-8-19-15(13-10-14(17)20-16(13)18)12-7-5-6-11(4-2)9-12/h5-7,9-10,15,19H,3-4,8H2,1-2H3. The molecule has 2 aromatic rings. The molecule has 1 atom stereocenters. The van der Waals surface area contributed by atoms with E-state index in [1.165, 1.54) is 22.5 Å². The van der Waals surface area contributed by atoms with Gasteiger partial charge in [-0.05, 0) is 36.6 Å². The Kier molecular flexibility index (Phi) is 5.91. The largest absolute Gasteiger partial charge is 0.306 e. The summed E-state index contributed by atoms with van der Waals surface area (Å²) in [7, 11) is 0. The Morgan fingerprint density at radius 3 is 2.60 bits per heavy atom. The molecule has 1 aromatic carbocycles. The molecule has 1 nitrogen and oxygen atoms in total. The lowest BCUT2D eigenvalue weighted by atomic mass is 9.98. The lowest BCUT2D eigenvalue weighted by Gasteiger charge is -2.19. The number of hydrogen-bond acceptors (Lipinski definition) is 2. The van der Waals surface area contributed by atoms with Gasteiger partial charge in [-0.2, -0.15) is 0 Å². The highest BCUT2D eigenvalue weighted by molar-refractivity contribution is 7.20. The molecule has 20 heavy (non-hydrogen) atoms. The van der Waals surface area contributed by atoms with Crippen molar-refractivity contribution in [2.75, 3.05) is 6.54 Å². The highest BCUT2D eigenvalue weighted by Crippen LogP contribution is 2.37. The molecule has 1 aromatic heterocycles. The molecular weight excluding hydrogens is 309 g/mol. The second-order valence-electron chi connectivity index (χ2n) is 4.77. The molecule has 2 rings (SSSR count). The van der Waals surface area contributed by atoms with Crippen LogP contribution in [0.3, 0.4) is 0 Å². The van der Waals surface area contributed by atoms with Gasteiger partial charge in [0.05, 0.1) is 14.7 Å². The van der Waals surface area contributed by atoms with Crippen LogP contribution in [0.4, 0.5) is 0 Å². The Hall–Kier alpha value is -0.540. The van der Waals surface area contributed by atoms with Crippen molar-refractivity contribution < 1.29 is 0 Å². The predicted octanol–water partition coefficient (Wildman–Crippen LogP) is 5.71. The van der Waals surface area contributed by atoms with E-state index in [-0.39, 0.29) is 6.04 Å². The Labute approximate surface area is 134 Å². The molecule has 0 amide bonds. The van der Waals surface area contributed by atoms with Gasteiger partial charge in [-0.15, -0.1) is 11.3 Å². The van der Waals surface area contributed by atoms with Gasteiger partial charge in [-0.25, -0.2) is 0 Å². The molecule has 0 saturated carbocycles. The van der Waals surface area contributed by atoms with Crippen molar-refractivity contribution in [1.29, 1.82) is 0 Å². The van der Waals surface area contributed by atoms with Crippen LogP contribution in [0.15, 0.2) is 30.3 Å². The van der Waals surface area contributed by atoms with Crippen LogP contribution < -0.4 is 5.32 Å². The van der Waals surface area contributed by atoms with Crippen LogP contribution in [0.1, 0.15) is 43.0 Å². The second-order valence-corrected chi connectivity index (χ2v) is 7.05. The summed E-state index contributed by atoms with van der Waals surface area (Å²) in [6, 6.07) is 10.7. The topological polar surface area (TPSA) is 12.0 Å². The van der Waals surface area contributed by atoms with E-state index in [1.54, 1.807) is 0 Å². The number of nitrogens with one attached hydrogen (secondary N) is 1. The van der Waals surface area contributed by atoms with Crippen molar-refractivity contribution in [3.05, 3.63) is 55.7 Å². The van der Waals surface area contributed by atoms with Crippen molar-refractivity contribution in [2.45, 2.75) is 32.7 Å². The Bertz CT molecular complexity index is 565. The van der Waals surface area contributed by atoms with E-state index in [4.69, 9.17) is 23.2 Å². The summed E-state index contributed by atoms with van der Waals surface area (Å²) < 4.78 is 1.51. The first kappa shape index (κ1) is 15.8. The summed E-state index contributed by atoms with van der Waals surface area (Å²) in [5.41, 5.74) is 3.65. The lowest BCUT2D eigenvalue weighted by Crippen LogP contribution is -2.23. The number of hydrogen-bond donors (Lipinski definition) is 1. The fourth-order valence-corrected chi connectivity index (χ4v) is 3.77. The molecule has 0 fully saturated rings. The van der Waals surface area contributed by atoms with Crippen molar-refractivity contribution in [2.24, 2.45) is 0 Å². The lowest BCUT2D eigenvalue weighted by molar-refractivity contribution is 0.599. The van der Waals surface area contributed by atoms with E-state index in [0.29, 0.717) is 0 Å². The minimum absolute atomic E-state index is 0.109. The van der Waals surface area contributed by atoms with Gasteiger partial charge in [0.1, 0.15) is 0 Å². The summed E-state index contributed by atoms with van der Waals surface area (Å²) in [4.78, 5) is 0. The molecule has 0 aliphatic carbocycles. The molecule has 1 unspecified atom stereocenters. The van der Waals surface area contributed by atoms with Gasteiger partial charge < -0.3 is 5.32 Å². The smallest absolute Gasteiger partial charge is 0.0995 e. The fourth-order valence-electron chi connectivity index (χ4n) is 2.24. The van der Waals surface area contributed by atoms with E-state index in [1.807, 2.05) is 6.07 Å². The molecule has 108 valence electrons. The van der Waals surface area contributed by atoms with E-state index in [0.717, 1.165) is 33.6 Å². The van der Waals surface area contributed by atoms with Crippen LogP contribution in [0, 0.1) is 0 Å². The summed E-state index contributed by atoms with van der Waals surface area (Å²) in [6.45, 7) is 5.28. The maximum absolute atomic E-state index is 6.34. The van der Waals surface area contributed by atoms with Gasteiger partial charge in [0.25, 0.3) is 0 Å². The molecular formula is C16H19Cl2NS. The van der Waals surface area contributed by atoms with Gasteiger partial charge >= 0.3 is 0 Å². The van der Waals surface area contributed by atoms with E-state index in [2.05, 4.69) is 43.4 Å². The zero-order valence-electron chi connectivity index (χ0n) is 11.7. The highest BCUT2D eigenvalue weighted by Gasteiger charge is 2.19. The van der Waals surface area contributed by atoms with E-state index >= 15 is 0 Å². The normalized spacial score (nSPS) is 12.6. The zero-order chi connectivity index (χ0) is 14.5. The molecule has 0 aliphatic rings. The van der Waals surface area contributed by atoms with Crippen LogP contribution in [0.5, 0.6) is 0 Å². The third kappa shape index (κ3) is 3.76. The highest BCUT2D eigenvalue weighted by atomic mass is 35.5. The zero-order valence-corrected chi connectivity index (χ0v) is 14.1. The fraction of sp³-hybridized carbons (Fsp3) is 0.375. The van der Waals surface area contributed by atoms with Gasteiger partial charge in [-0.3, -0.25) is 0 Å².